The van der Waals surface area contributed by atoms with Crippen LogP contribution < -0.4 is 0 Å². The summed E-state index contributed by atoms with van der Waals surface area (Å²) in [6.45, 7) is 6.43. The Morgan fingerprint density at radius 1 is 1.24 bits per heavy atom. The number of hydrogen-bond acceptors (Lipinski definition) is 2. The normalized spacial score (nSPS) is 13.7. The molecule has 0 spiro atoms. The van der Waals surface area contributed by atoms with Crippen LogP contribution in [0.5, 0.6) is 0 Å². The van der Waals surface area contributed by atoms with E-state index in [4.69, 9.17) is 4.74 Å². The van der Waals surface area contributed by atoms with Crippen LogP contribution in [0.2, 0.25) is 0 Å². The summed E-state index contributed by atoms with van der Waals surface area (Å²) in [4.78, 5) is 0. The van der Waals surface area contributed by atoms with E-state index in [-0.39, 0.29) is 18.1 Å². The van der Waals surface area contributed by atoms with E-state index in [9.17, 15) is 5.11 Å². The lowest BCUT2D eigenvalue weighted by atomic mass is 9.90. The van der Waals surface area contributed by atoms with Crippen LogP contribution in [0, 0.1) is 6.92 Å². The molecule has 1 N–H and O–H groups in total. The van der Waals surface area contributed by atoms with Crippen molar-refractivity contribution in [3.05, 3.63) is 35.4 Å². The van der Waals surface area contributed by atoms with E-state index in [2.05, 4.69) is 45.0 Å². The van der Waals surface area contributed by atoms with Crippen LogP contribution >= 0.6 is 0 Å². The molecular weight excluding hydrogens is 212 g/mol. The van der Waals surface area contributed by atoms with Gasteiger partial charge in [0, 0.05) is 19.6 Å². The van der Waals surface area contributed by atoms with Gasteiger partial charge < -0.3 is 9.84 Å². The highest BCUT2D eigenvalue weighted by Gasteiger charge is 2.19. The lowest BCUT2D eigenvalue weighted by molar-refractivity contribution is 0.0111. The van der Waals surface area contributed by atoms with Crippen molar-refractivity contribution in [1.82, 2.24) is 0 Å². The Morgan fingerprint density at radius 3 is 2.29 bits per heavy atom. The van der Waals surface area contributed by atoms with E-state index in [1.165, 1.54) is 11.1 Å². The summed E-state index contributed by atoms with van der Waals surface area (Å²) >= 11 is 0. The smallest absolute Gasteiger partial charge is 0.0623 e. The molecule has 1 atom stereocenters. The highest BCUT2D eigenvalue weighted by molar-refractivity contribution is 5.24. The molecule has 1 aromatic carbocycles. The first-order valence-corrected chi connectivity index (χ1v) is 6.21. The zero-order valence-corrected chi connectivity index (χ0v) is 11.4. The average molecular weight is 236 g/mol. The molecule has 1 aromatic rings. The number of aryl methyl sites for hydroxylation is 1. The Bertz CT molecular complexity index is 327. The highest BCUT2D eigenvalue weighted by atomic mass is 16.5. The summed E-state index contributed by atoms with van der Waals surface area (Å²) < 4.78 is 5.41. The molecule has 17 heavy (non-hydrogen) atoms. The van der Waals surface area contributed by atoms with Gasteiger partial charge in [0.05, 0.1) is 5.60 Å². The molecule has 0 saturated carbocycles. The number of benzene rings is 1. The molecule has 0 aromatic heterocycles. The van der Waals surface area contributed by atoms with Crippen molar-refractivity contribution < 1.29 is 9.84 Å². The van der Waals surface area contributed by atoms with E-state index < -0.39 is 0 Å². The zero-order valence-electron chi connectivity index (χ0n) is 11.4. The van der Waals surface area contributed by atoms with E-state index in [1.54, 1.807) is 7.11 Å². The second-order valence-corrected chi connectivity index (χ2v) is 5.29. The summed E-state index contributed by atoms with van der Waals surface area (Å²) in [6.07, 6.45) is 1.89. The van der Waals surface area contributed by atoms with Gasteiger partial charge in [0.1, 0.15) is 0 Å². The predicted octanol–water partition coefficient (Wildman–Crippen LogP) is 3.28. The Morgan fingerprint density at radius 2 is 1.82 bits per heavy atom. The van der Waals surface area contributed by atoms with Crippen molar-refractivity contribution in [1.29, 1.82) is 0 Å². The molecule has 0 heterocycles. The van der Waals surface area contributed by atoms with E-state index in [0.717, 1.165) is 12.8 Å². The Balaban J connectivity index is 2.63. The summed E-state index contributed by atoms with van der Waals surface area (Å²) in [6, 6.07) is 8.41. The van der Waals surface area contributed by atoms with Crippen molar-refractivity contribution in [2.24, 2.45) is 0 Å². The van der Waals surface area contributed by atoms with E-state index in [1.807, 2.05) is 0 Å². The summed E-state index contributed by atoms with van der Waals surface area (Å²) in [7, 11) is 1.74. The van der Waals surface area contributed by atoms with E-state index >= 15 is 0 Å². The molecule has 0 saturated heterocycles. The van der Waals surface area contributed by atoms with Crippen LogP contribution in [-0.2, 0) is 4.74 Å². The topological polar surface area (TPSA) is 29.5 Å². The minimum absolute atomic E-state index is 0.113. The highest BCUT2D eigenvalue weighted by Crippen LogP contribution is 2.26. The number of rotatable bonds is 6. The Hall–Kier alpha value is -0.860. The average Bonchev–Trinajstić information content (AvgIpc) is 2.32. The lowest BCUT2D eigenvalue weighted by Gasteiger charge is -2.25. The standard InChI is InChI=1S/C15H24O2/c1-12-5-7-13(8-6-12)14(11-16)9-10-15(2,3)17-4/h5-8,14,16H,9-11H2,1-4H3. The number of methoxy groups -OCH3 is 1. The molecule has 2 nitrogen and oxygen atoms in total. The zero-order chi connectivity index (χ0) is 12.9. The van der Waals surface area contributed by atoms with Crippen molar-refractivity contribution in [2.45, 2.75) is 45.1 Å². The quantitative estimate of drug-likeness (QED) is 0.821. The molecule has 1 rings (SSSR count). The van der Waals surface area contributed by atoms with Crippen molar-refractivity contribution in [3.8, 4) is 0 Å². The third-order valence-corrected chi connectivity index (χ3v) is 3.42. The third kappa shape index (κ3) is 4.49. The maximum absolute atomic E-state index is 9.48. The van der Waals surface area contributed by atoms with Gasteiger partial charge in [-0.1, -0.05) is 29.8 Å². The van der Waals surface area contributed by atoms with Gasteiger partial charge in [-0.05, 0) is 39.2 Å². The molecule has 1 unspecified atom stereocenters. The van der Waals surface area contributed by atoms with Gasteiger partial charge in [0.15, 0.2) is 0 Å². The maximum atomic E-state index is 9.48. The second-order valence-electron chi connectivity index (χ2n) is 5.29. The minimum Gasteiger partial charge on any atom is -0.396 e. The molecule has 2 heteroatoms. The van der Waals surface area contributed by atoms with Crippen LogP contribution in [0.25, 0.3) is 0 Å². The fraction of sp³-hybridized carbons (Fsp3) is 0.600. The molecule has 0 aliphatic heterocycles. The fourth-order valence-electron chi connectivity index (χ4n) is 1.83. The second kappa shape index (κ2) is 6.18. The molecule has 0 amide bonds. The first-order valence-electron chi connectivity index (χ1n) is 6.21. The SMILES string of the molecule is COC(C)(C)CCC(CO)c1ccc(C)cc1. The van der Waals surface area contributed by atoms with E-state index in [0.29, 0.717) is 0 Å². The summed E-state index contributed by atoms with van der Waals surface area (Å²) in [5.74, 6) is 0.213. The van der Waals surface area contributed by atoms with Crippen molar-refractivity contribution in [2.75, 3.05) is 13.7 Å². The van der Waals surface area contributed by atoms with Crippen LogP contribution in [0.1, 0.15) is 43.7 Å². The van der Waals surface area contributed by atoms with Gasteiger partial charge in [0.25, 0.3) is 0 Å². The van der Waals surface area contributed by atoms with Gasteiger partial charge in [0.2, 0.25) is 0 Å². The van der Waals surface area contributed by atoms with Gasteiger partial charge in [-0.3, -0.25) is 0 Å². The molecule has 0 bridgehead atoms. The van der Waals surface area contributed by atoms with Gasteiger partial charge in [-0.15, -0.1) is 0 Å². The Kier molecular flexibility index (Phi) is 5.16. The van der Waals surface area contributed by atoms with Crippen molar-refractivity contribution in [3.63, 3.8) is 0 Å². The van der Waals surface area contributed by atoms with Crippen LogP contribution in [0.4, 0.5) is 0 Å². The molecule has 0 aliphatic rings. The third-order valence-electron chi connectivity index (χ3n) is 3.42. The summed E-state index contributed by atoms with van der Waals surface area (Å²) in [5, 5.41) is 9.48. The first-order chi connectivity index (χ1) is 7.98. The minimum atomic E-state index is -0.113. The lowest BCUT2D eigenvalue weighted by Crippen LogP contribution is -2.23. The number of ether oxygens (including phenoxy) is 1. The van der Waals surface area contributed by atoms with Gasteiger partial charge in [-0.2, -0.15) is 0 Å². The van der Waals surface area contributed by atoms with Gasteiger partial charge in [-0.25, -0.2) is 0 Å². The molecule has 0 fully saturated rings. The van der Waals surface area contributed by atoms with Crippen molar-refractivity contribution >= 4 is 0 Å². The molecule has 0 aliphatic carbocycles. The van der Waals surface area contributed by atoms with Crippen LogP contribution in [-0.4, -0.2) is 24.4 Å². The largest absolute Gasteiger partial charge is 0.396 e. The maximum Gasteiger partial charge on any atom is 0.0623 e. The number of aliphatic hydroxyl groups excluding tert-OH is 1. The number of aliphatic hydroxyl groups is 1. The molecule has 96 valence electrons. The number of hydrogen-bond donors (Lipinski definition) is 1. The summed E-state index contributed by atoms with van der Waals surface area (Å²) in [5.41, 5.74) is 2.35. The van der Waals surface area contributed by atoms with Crippen LogP contribution in [0.15, 0.2) is 24.3 Å². The Labute approximate surface area is 105 Å². The van der Waals surface area contributed by atoms with Crippen LogP contribution in [0.3, 0.4) is 0 Å². The fourth-order valence-corrected chi connectivity index (χ4v) is 1.83. The monoisotopic (exact) mass is 236 g/mol. The first kappa shape index (κ1) is 14.2. The van der Waals surface area contributed by atoms with Gasteiger partial charge >= 0.3 is 0 Å². The molecule has 0 radical (unpaired) electrons. The molecular formula is C15H24O2. The predicted molar refractivity (Wildman–Crippen MR) is 71.3 cm³/mol.